The van der Waals surface area contributed by atoms with E-state index in [1.807, 2.05) is 12.1 Å². The van der Waals surface area contributed by atoms with Gasteiger partial charge < -0.3 is 31.1 Å². The van der Waals surface area contributed by atoms with Crippen molar-refractivity contribution in [1.29, 1.82) is 0 Å². The van der Waals surface area contributed by atoms with Crippen LogP contribution in [0.15, 0.2) is 36.5 Å². The average molecular weight is 815 g/mol. The van der Waals surface area contributed by atoms with E-state index in [1.54, 1.807) is 24.4 Å². The van der Waals surface area contributed by atoms with Gasteiger partial charge in [-0.1, -0.05) is 106 Å². The van der Waals surface area contributed by atoms with Crippen LogP contribution in [-0.2, 0) is 8.03 Å². The van der Waals surface area contributed by atoms with Gasteiger partial charge in [-0.05, 0) is 56.0 Å². The molecule has 2 fully saturated rings. The molecular weight excluding hydrogens is 775 g/mol. The molecule has 6 rings (SSSR count). The Balaban J connectivity index is 0.000000186. The third-order valence-electron chi connectivity index (χ3n) is 9.37. The molecule has 2 aliphatic carbocycles. The molecule has 2 aromatic carbocycles. The summed E-state index contributed by atoms with van der Waals surface area (Å²) < 4.78 is -1.15. The summed E-state index contributed by atoms with van der Waals surface area (Å²) in [6, 6.07) is 8.64. The van der Waals surface area contributed by atoms with E-state index in [0.29, 0.717) is 34.7 Å². The third-order valence-corrected chi connectivity index (χ3v) is 11.7. The molecule has 0 spiro atoms. The quantitative estimate of drug-likeness (QED) is 0.112. The standard InChI is InChI=1S/C17H19Br2ClN2O3.C17H21ClN2O2/c18-17(19)12-11(22-15(17)24)6-5-10(13(12)20)14(23)21-9-16(25)7-3-1-2-4-8-16;18-15-12-7-10-19-14(12)6-5-13(15)16(21)20-11-17(22)8-3-1-2-4-9-17/h5-6,25H,1-4,7-9H2,(H,21,23)(H,22,24);5-7,10,19,22H,1-4,8-9,11H2,(H,20,21). The predicted molar refractivity (Wildman–Crippen MR) is 193 cm³/mol. The fourth-order valence-electron chi connectivity index (χ4n) is 6.56. The number of benzene rings is 2. The number of aromatic nitrogens is 1. The molecule has 3 aliphatic rings. The first-order chi connectivity index (χ1) is 22.3. The normalized spacial score (nSPS) is 19.7. The van der Waals surface area contributed by atoms with Gasteiger partial charge in [0.15, 0.2) is 3.23 Å². The molecule has 47 heavy (non-hydrogen) atoms. The summed E-state index contributed by atoms with van der Waals surface area (Å²) in [5, 5.41) is 31.1. The maximum Gasteiger partial charge on any atom is 0.256 e. The van der Waals surface area contributed by atoms with Gasteiger partial charge in [0, 0.05) is 41.4 Å². The number of nitrogens with one attached hydrogen (secondary N) is 4. The summed E-state index contributed by atoms with van der Waals surface area (Å²) in [4.78, 5) is 40.0. The second-order valence-electron chi connectivity index (χ2n) is 12.9. The van der Waals surface area contributed by atoms with Gasteiger partial charge >= 0.3 is 0 Å². The lowest BCUT2D eigenvalue weighted by molar-refractivity contribution is -0.115. The lowest BCUT2D eigenvalue weighted by Gasteiger charge is -2.27. The van der Waals surface area contributed by atoms with E-state index in [9.17, 15) is 24.6 Å². The van der Waals surface area contributed by atoms with Gasteiger partial charge in [-0.2, -0.15) is 0 Å². The van der Waals surface area contributed by atoms with Crippen LogP contribution in [0.1, 0.15) is 103 Å². The van der Waals surface area contributed by atoms with E-state index in [0.717, 1.165) is 75.1 Å². The highest BCUT2D eigenvalue weighted by Gasteiger charge is 2.45. The van der Waals surface area contributed by atoms with Crippen molar-refractivity contribution in [2.24, 2.45) is 0 Å². The summed E-state index contributed by atoms with van der Waals surface area (Å²) in [5.41, 5.74) is 1.04. The number of rotatable bonds is 6. The molecular formula is C34H40Br2Cl2N4O5. The Morgan fingerprint density at radius 2 is 1.23 bits per heavy atom. The maximum atomic E-state index is 12.6. The number of anilines is 1. The number of aromatic amines is 1. The molecule has 2 saturated carbocycles. The number of amides is 3. The van der Waals surface area contributed by atoms with E-state index >= 15 is 0 Å². The van der Waals surface area contributed by atoms with Crippen LogP contribution < -0.4 is 16.0 Å². The van der Waals surface area contributed by atoms with Crippen LogP contribution in [0.2, 0.25) is 10.0 Å². The smallest absolute Gasteiger partial charge is 0.256 e. The highest BCUT2D eigenvalue weighted by molar-refractivity contribution is 9.25. The topological polar surface area (TPSA) is 144 Å². The SMILES string of the molecule is O=C(NCC1(O)CCCCCC1)c1ccc2[nH]ccc2c1Cl.O=C(NCC1(O)CCCCCC1)c1ccc2c(c1Cl)C(Br)(Br)C(=O)N2. The van der Waals surface area contributed by atoms with Gasteiger partial charge in [-0.3, -0.25) is 14.4 Å². The molecule has 13 heteroatoms. The number of alkyl halides is 2. The zero-order valence-corrected chi connectivity index (χ0v) is 30.7. The lowest BCUT2D eigenvalue weighted by atomic mass is 9.94. The number of H-pyrrole nitrogens is 1. The minimum atomic E-state index is -1.15. The molecule has 0 radical (unpaired) electrons. The third kappa shape index (κ3) is 8.36. The van der Waals surface area contributed by atoms with Gasteiger partial charge in [0.1, 0.15) is 0 Å². The van der Waals surface area contributed by atoms with Gasteiger partial charge in [0.25, 0.3) is 17.7 Å². The Morgan fingerprint density at radius 1 is 0.745 bits per heavy atom. The number of hydrogen-bond donors (Lipinski definition) is 6. The molecule has 0 atom stereocenters. The minimum absolute atomic E-state index is 0.199. The number of fused-ring (bicyclic) bond motifs is 2. The fraction of sp³-hybridized carbons (Fsp3) is 0.500. The molecule has 1 aromatic heterocycles. The van der Waals surface area contributed by atoms with E-state index in [1.165, 1.54) is 0 Å². The Kier molecular flexibility index (Phi) is 11.7. The van der Waals surface area contributed by atoms with E-state index in [-0.39, 0.29) is 41.4 Å². The largest absolute Gasteiger partial charge is 0.388 e. The maximum absolute atomic E-state index is 12.6. The van der Waals surface area contributed by atoms with Gasteiger partial charge in [-0.15, -0.1) is 0 Å². The Hall–Kier alpha value is -2.15. The summed E-state index contributed by atoms with van der Waals surface area (Å²) in [5.74, 6) is -0.888. The van der Waals surface area contributed by atoms with Crippen LogP contribution in [0.4, 0.5) is 5.69 Å². The molecule has 6 N–H and O–H groups in total. The monoisotopic (exact) mass is 812 g/mol. The number of hydrogen-bond acceptors (Lipinski definition) is 5. The van der Waals surface area contributed by atoms with E-state index in [2.05, 4.69) is 52.8 Å². The van der Waals surface area contributed by atoms with Gasteiger partial charge in [0.2, 0.25) is 0 Å². The fourth-order valence-corrected chi connectivity index (χ4v) is 8.51. The zero-order valence-electron chi connectivity index (χ0n) is 26.0. The minimum Gasteiger partial charge on any atom is -0.388 e. The second-order valence-corrected chi connectivity index (χ2v) is 17.1. The Labute approximate surface area is 301 Å². The highest BCUT2D eigenvalue weighted by Crippen LogP contribution is 2.51. The average Bonchev–Trinajstić information content (AvgIpc) is 3.42. The zero-order chi connectivity index (χ0) is 33.8. The summed E-state index contributed by atoms with van der Waals surface area (Å²) >= 11 is 19.3. The van der Waals surface area contributed by atoms with Crippen molar-refractivity contribution in [3.8, 4) is 0 Å². The molecule has 2 heterocycles. The molecule has 9 nitrogen and oxygen atoms in total. The molecule has 254 valence electrons. The number of carbonyl (C=O) groups is 3. The van der Waals surface area contributed by atoms with Crippen molar-refractivity contribution in [3.05, 3.63) is 63.3 Å². The summed E-state index contributed by atoms with van der Waals surface area (Å²) in [6.07, 6.45) is 13.2. The Morgan fingerprint density at radius 3 is 1.77 bits per heavy atom. The van der Waals surface area contributed by atoms with Gasteiger partial charge in [0.05, 0.1) is 32.4 Å². The van der Waals surface area contributed by atoms with Crippen LogP contribution in [0.5, 0.6) is 0 Å². The predicted octanol–water partition coefficient (Wildman–Crippen LogP) is 7.69. The first-order valence-corrected chi connectivity index (χ1v) is 18.5. The van der Waals surface area contributed by atoms with Crippen molar-refractivity contribution >= 4 is 89.4 Å². The first-order valence-electron chi connectivity index (χ1n) is 16.1. The van der Waals surface area contributed by atoms with Crippen molar-refractivity contribution in [3.63, 3.8) is 0 Å². The van der Waals surface area contributed by atoms with Crippen LogP contribution >= 0.6 is 55.1 Å². The van der Waals surface area contributed by atoms with Crippen LogP contribution in [0, 0.1) is 0 Å². The molecule has 0 bridgehead atoms. The molecule has 1 aliphatic heterocycles. The number of aliphatic hydroxyl groups is 2. The molecule has 0 unspecified atom stereocenters. The molecule has 3 aromatic rings. The van der Waals surface area contributed by atoms with Crippen molar-refractivity contribution in [2.45, 2.75) is 91.5 Å². The summed E-state index contributed by atoms with van der Waals surface area (Å²) in [7, 11) is 0. The van der Waals surface area contributed by atoms with Crippen molar-refractivity contribution in [1.82, 2.24) is 15.6 Å². The van der Waals surface area contributed by atoms with E-state index in [4.69, 9.17) is 23.2 Å². The number of halogens is 4. The van der Waals surface area contributed by atoms with Crippen LogP contribution in [0.3, 0.4) is 0 Å². The summed E-state index contributed by atoms with van der Waals surface area (Å²) in [6.45, 7) is 0.484. The van der Waals surface area contributed by atoms with E-state index < -0.39 is 14.4 Å². The van der Waals surface area contributed by atoms with Crippen molar-refractivity contribution in [2.75, 3.05) is 18.4 Å². The molecule has 3 amide bonds. The van der Waals surface area contributed by atoms with Gasteiger partial charge in [-0.25, -0.2) is 0 Å². The second kappa shape index (κ2) is 15.2. The number of carbonyl (C=O) groups excluding carboxylic acids is 3. The highest BCUT2D eigenvalue weighted by atomic mass is 79.9. The van der Waals surface area contributed by atoms with Crippen molar-refractivity contribution < 1.29 is 24.6 Å². The van der Waals surface area contributed by atoms with Crippen LogP contribution in [0.25, 0.3) is 10.9 Å². The first kappa shape index (κ1) is 36.1. The molecule has 0 saturated heterocycles. The lowest BCUT2D eigenvalue weighted by Crippen LogP contribution is -2.42. The van der Waals surface area contributed by atoms with Crippen LogP contribution in [-0.4, -0.2) is 57.2 Å². The Bertz CT molecular complexity index is 1630.